The number of para-hydroxylation sites is 1. The molecule has 2 rings (SSSR count). The predicted molar refractivity (Wildman–Crippen MR) is 66.5 cm³/mol. The van der Waals surface area contributed by atoms with Crippen molar-refractivity contribution in [2.45, 2.75) is 0 Å². The smallest absolute Gasteiger partial charge is 0.225 e. The van der Waals surface area contributed by atoms with Gasteiger partial charge in [0, 0.05) is 6.07 Å². The third kappa shape index (κ3) is 2.84. The van der Waals surface area contributed by atoms with Crippen LogP contribution in [0, 0.1) is 11.3 Å². The molecule has 17 heavy (non-hydrogen) atoms. The van der Waals surface area contributed by atoms with Crippen LogP contribution in [0.1, 0.15) is 5.69 Å². The summed E-state index contributed by atoms with van der Waals surface area (Å²) in [5, 5.41) is 12.3. The maximum Gasteiger partial charge on any atom is 0.225 e. The van der Waals surface area contributed by atoms with Crippen LogP contribution in [0.5, 0.6) is 0 Å². The molecular formula is C11H6Cl2N4. The molecule has 2 aromatic rings. The maximum absolute atomic E-state index is 8.75. The molecule has 0 atom stereocenters. The number of hydrogen-bond donors (Lipinski definition) is 1. The fraction of sp³-hybridized carbons (Fsp3) is 0. The van der Waals surface area contributed by atoms with E-state index in [0.717, 1.165) is 0 Å². The van der Waals surface area contributed by atoms with Crippen LogP contribution in [-0.2, 0) is 0 Å². The Labute approximate surface area is 108 Å². The highest BCUT2D eigenvalue weighted by atomic mass is 35.5. The summed E-state index contributed by atoms with van der Waals surface area (Å²) >= 11 is 11.7. The zero-order valence-electron chi connectivity index (χ0n) is 8.48. The van der Waals surface area contributed by atoms with Crippen molar-refractivity contribution in [3.63, 3.8) is 0 Å². The lowest BCUT2D eigenvalue weighted by atomic mass is 10.3. The number of nitriles is 1. The number of hydrogen-bond acceptors (Lipinski definition) is 4. The van der Waals surface area contributed by atoms with Crippen molar-refractivity contribution < 1.29 is 0 Å². The van der Waals surface area contributed by atoms with E-state index >= 15 is 0 Å². The summed E-state index contributed by atoms with van der Waals surface area (Å²) in [5.74, 6) is 0.426. The van der Waals surface area contributed by atoms with Crippen LogP contribution in [0.4, 0.5) is 11.5 Å². The van der Waals surface area contributed by atoms with Crippen LogP contribution in [0.15, 0.2) is 30.3 Å². The van der Waals surface area contributed by atoms with E-state index in [1.165, 1.54) is 6.07 Å². The largest absolute Gasteiger partial charge is 0.339 e. The standard InChI is InChI=1S/C11H6Cl2N4/c12-8-3-1-2-4-9(8)16-10-5-7(6-14)15-11(13)17-10/h1-5H,(H,15,16,17). The first-order valence-corrected chi connectivity index (χ1v) is 5.41. The van der Waals surface area contributed by atoms with Gasteiger partial charge < -0.3 is 5.32 Å². The van der Waals surface area contributed by atoms with Crippen molar-refractivity contribution in [2.75, 3.05) is 5.32 Å². The molecule has 0 saturated carbocycles. The van der Waals surface area contributed by atoms with Crippen LogP contribution in [0.3, 0.4) is 0 Å². The summed E-state index contributed by atoms with van der Waals surface area (Å²) in [4.78, 5) is 7.69. The van der Waals surface area contributed by atoms with Crippen LogP contribution in [0.2, 0.25) is 10.3 Å². The van der Waals surface area contributed by atoms with Crippen LogP contribution in [0.25, 0.3) is 0 Å². The summed E-state index contributed by atoms with van der Waals surface area (Å²) in [7, 11) is 0. The molecule has 0 aliphatic heterocycles. The summed E-state index contributed by atoms with van der Waals surface area (Å²) in [6.45, 7) is 0. The Hall–Kier alpha value is -1.83. The van der Waals surface area contributed by atoms with Gasteiger partial charge in [-0.2, -0.15) is 5.26 Å². The lowest BCUT2D eigenvalue weighted by Gasteiger charge is -2.07. The molecule has 0 aliphatic carbocycles. The van der Waals surface area contributed by atoms with Gasteiger partial charge in [-0.05, 0) is 23.7 Å². The summed E-state index contributed by atoms with van der Waals surface area (Å²) in [6.07, 6.45) is 0. The Kier molecular flexibility index (Phi) is 3.43. The minimum atomic E-state index is 0.0126. The second kappa shape index (κ2) is 5.00. The first-order valence-electron chi connectivity index (χ1n) is 4.65. The molecule has 0 radical (unpaired) electrons. The highest BCUT2D eigenvalue weighted by molar-refractivity contribution is 6.33. The third-order valence-electron chi connectivity index (χ3n) is 1.95. The monoisotopic (exact) mass is 264 g/mol. The fourth-order valence-electron chi connectivity index (χ4n) is 1.24. The molecule has 0 aliphatic rings. The summed E-state index contributed by atoms with van der Waals surface area (Å²) in [5.41, 5.74) is 0.882. The number of halogens is 2. The average Bonchev–Trinajstić information content (AvgIpc) is 2.31. The minimum absolute atomic E-state index is 0.0126. The van der Waals surface area contributed by atoms with Crippen molar-refractivity contribution >= 4 is 34.7 Å². The molecule has 0 unspecified atom stereocenters. The van der Waals surface area contributed by atoms with Gasteiger partial charge in [0.1, 0.15) is 17.6 Å². The molecule has 1 aromatic carbocycles. The predicted octanol–water partition coefficient (Wildman–Crippen LogP) is 3.40. The second-order valence-electron chi connectivity index (χ2n) is 3.12. The molecule has 84 valence electrons. The van der Waals surface area contributed by atoms with E-state index in [2.05, 4.69) is 15.3 Å². The van der Waals surface area contributed by atoms with Crippen molar-refractivity contribution in [3.8, 4) is 6.07 Å². The molecule has 1 aromatic heterocycles. The molecule has 0 saturated heterocycles. The van der Waals surface area contributed by atoms with E-state index in [4.69, 9.17) is 28.5 Å². The van der Waals surface area contributed by atoms with Gasteiger partial charge in [-0.25, -0.2) is 9.97 Å². The highest BCUT2D eigenvalue weighted by Gasteiger charge is 2.04. The van der Waals surface area contributed by atoms with E-state index in [0.29, 0.717) is 16.5 Å². The number of aromatic nitrogens is 2. The van der Waals surface area contributed by atoms with Gasteiger partial charge in [0.2, 0.25) is 5.28 Å². The summed E-state index contributed by atoms with van der Waals surface area (Å²) in [6, 6.07) is 10.6. The quantitative estimate of drug-likeness (QED) is 0.845. The number of anilines is 2. The van der Waals surface area contributed by atoms with Crippen LogP contribution < -0.4 is 5.32 Å². The van der Waals surface area contributed by atoms with Crippen LogP contribution in [-0.4, -0.2) is 9.97 Å². The van der Waals surface area contributed by atoms with E-state index in [1.807, 2.05) is 18.2 Å². The van der Waals surface area contributed by atoms with Gasteiger partial charge in [-0.1, -0.05) is 23.7 Å². The molecule has 1 N–H and O–H groups in total. The molecule has 0 fully saturated rings. The van der Waals surface area contributed by atoms with Crippen molar-refractivity contribution in [1.29, 1.82) is 5.26 Å². The molecule has 4 nitrogen and oxygen atoms in total. The molecule has 1 heterocycles. The van der Waals surface area contributed by atoms with E-state index in [-0.39, 0.29) is 11.0 Å². The Morgan fingerprint density at radius 2 is 1.94 bits per heavy atom. The minimum Gasteiger partial charge on any atom is -0.339 e. The Balaban J connectivity index is 2.34. The zero-order chi connectivity index (χ0) is 12.3. The fourth-order valence-corrected chi connectivity index (χ4v) is 1.60. The normalized spacial score (nSPS) is 9.71. The summed E-state index contributed by atoms with van der Waals surface area (Å²) < 4.78 is 0. The maximum atomic E-state index is 8.75. The Bertz CT molecular complexity index is 592. The molecular weight excluding hydrogens is 259 g/mol. The van der Waals surface area contributed by atoms with Crippen LogP contribution >= 0.6 is 23.2 Å². The van der Waals surface area contributed by atoms with Gasteiger partial charge in [0.15, 0.2) is 0 Å². The van der Waals surface area contributed by atoms with Gasteiger partial charge >= 0.3 is 0 Å². The SMILES string of the molecule is N#Cc1cc(Nc2ccccc2Cl)nc(Cl)n1. The number of rotatable bonds is 2. The number of nitrogens with one attached hydrogen (secondary N) is 1. The van der Waals surface area contributed by atoms with E-state index < -0.39 is 0 Å². The highest BCUT2D eigenvalue weighted by Crippen LogP contribution is 2.24. The lowest BCUT2D eigenvalue weighted by Crippen LogP contribution is -1.97. The van der Waals surface area contributed by atoms with Gasteiger partial charge in [0.25, 0.3) is 0 Å². The lowest BCUT2D eigenvalue weighted by molar-refractivity contribution is 1.14. The van der Waals surface area contributed by atoms with Gasteiger partial charge in [0.05, 0.1) is 10.7 Å². The van der Waals surface area contributed by atoms with Crippen molar-refractivity contribution in [3.05, 3.63) is 46.3 Å². The van der Waals surface area contributed by atoms with E-state index in [1.54, 1.807) is 12.1 Å². The number of benzene rings is 1. The molecule has 0 spiro atoms. The number of nitrogens with zero attached hydrogens (tertiary/aromatic N) is 3. The first kappa shape index (κ1) is 11.6. The first-order chi connectivity index (χ1) is 8.19. The Morgan fingerprint density at radius 3 is 2.65 bits per heavy atom. The second-order valence-corrected chi connectivity index (χ2v) is 3.87. The molecule has 0 bridgehead atoms. The molecule has 6 heteroatoms. The van der Waals surface area contributed by atoms with Crippen molar-refractivity contribution in [2.24, 2.45) is 0 Å². The third-order valence-corrected chi connectivity index (χ3v) is 2.45. The van der Waals surface area contributed by atoms with Crippen molar-refractivity contribution in [1.82, 2.24) is 9.97 Å². The zero-order valence-corrected chi connectivity index (χ0v) is 10.00. The van der Waals surface area contributed by atoms with E-state index in [9.17, 15) is 0 Å². The van der Waals surface area contributed by atoms with Gasteiger partial charge in [-0.3, -0.25) is 0 Å². The molecule has 0 amide bonds. The topological polar surface area (TPSA) is 61.6 Å². The average molecular weight is 265 g/mol. The van der Waals surface area contributed by atoms with Gasteiger partial charge in [-0.15, -0.1) is 0 Å². The Morgan fingerprint density at radius 1 is 1.18 bits per heavy atom.